The lowest BCUT2D eigenvalue weighted by molar-refractivity contribution is -0.150. The molecule has 0 fully saturated rings. The van der Waals surface area contributed by atoms with Crippen molar-refractivity contribution >= 4 is 11.7 Å². The van der Waals surface area contributed by atoms with E-state index >= 15 is 0 Å². The van der Waals surface area contributed by atoms with Crippen molar-refractivity contribution in [2.24, 2.45) is 0 Å². The van der Waals surface area contributed by atoms with Crippen LogP contribution >= 0.6 is 0 Å². The van der Waals surface area contributed by atoms with Gasteiger partial charge in [0.15, 0.2) is 5.76 Å². The lowest BCUT2D eigenvalue weighted by atomic mass is 10.1. The van der Waals surface area contributed by atoms with Gasteiger partial charge in [-0.1, -0.05) is 30.3 Å². The molecular weight excluding hydrogens is 220 g/mol. The highest BCUT2D eigenvalue weighted by atomic mass is 16.7. The predicted molar refractivity (Wildman–Crippen MR) is 61.6 cm³/mol. The van der Waals surface area contributed by atoms with E-state index in [2.05, 4.69) is 4.74 Å². The SMILES string of the molecule is COC(=O)C1=C(c2ccccc2)OC(C)(C)O1. The van der Waals surface area contributed by atoms with Crippen LogP contribution in [0, 0.1) is 0 Å². The summed E-state index contributed by atoms with van der Waals surface area (Å²) in [6.45, 7) is 3.48. The Hall–Kier alpha value is -1.97. The molecule has 0 unspecified atom stereocenters. The van der Waals surface area contributed by atoms with Crippen LogP contribution in [0.4, 0.5) is 0 Å². The maximum Gasteiger partial charge on any atom is 0.377 e. The average Bonchev–Trinajstić information content (AvgIpc) is 2.65. The molecule has 90 valence electrons. The third-order valence-electron chi connectivity index (χ3n) is 2.31. The number of benzene rings is 1. The summed E-state index contributed by atoms with van der Waals surface area (Å²) in [5, 5.41) is 0. The number of methoxy groups -OCH3 is 1. The van der Waals surface area contributed by atoms with E-state index in [0.29, 0.717) is 5.76 Å². The Morgan fingerprint density at radius 1 is 1.18 bits per heavy atom. The van der Waals surface area contributed by atoms with Crippen LogP contribution in [-0.2, 0) is 19.0 Å². The van der Waals surface area contributed by atoms with E-state index < -0.39 is 11.8 Å². The van der Waals surface area contributed by atoms with Crippen molar-refractivity contribution in [3.05, 3.63) is 41.7 Å². The second kappa shape index (κ2) is 4.13. The molecule has 1 aliphatic heterocycles. The molecule has 0 N–H and O–H groups in total. The molecule has 0 aromatic heterocycles. The van der Waals surface area contributed by atoms with E-state index in [-0.39, 0.29) is 5.76 Å². The highest BCUT2D eigenvalue weighted by Crippen LogP contribution is 2.36. The van der Waals surface area contributed by atoms with Crippen molar-refractivity contribution in [1.82, 2.24) is 0 Å². The molecule has 0 radical (unpaired) electrons. The van der Waals surface area contributed by atoms with Crippen LogP contribution in [0.5, 0.6) is 0 Å². The van der Waals surface area contributed by atoms with Gasteiger partial charge in [-0.15, -0.1) is 0 Å². The number of carbonyl (C=O) groups excluding carboxylic acids is 1. The quantitative estimate of drug-likeness (QED) is 0.736. The third-order valence-corrected chi connectivity index (χ3v) is 2.31. The first-order valence-electron chi connectivity index (χ1n) is 5.29. The molecule has 1 aromatic rings. The van der Waals surface area contributed by atoms with Crippen molar-refractivity contribution < 1.29 is 19.0 Å². The molecule has 1 heterocycles. The lowest BCUT2D eigenvalue weighted by Gasteiger charge is -2.18. The normalized spacial score (nSPS) is 17.4. The summed E-state index contributed by atoms with van der Waals surface area (Å²) in [6.07, 6.45) is 0. The van der Waals surface area contributed by atoms with Crippen molar-refractivity contribution in [2.75, 3.05) is 7.11 Å². The maximum absolute atomic E-state index is 11.6. The number of hydrogen-bond acceptors (Lipinski definition) is 4. The number of ether oxygens (including phenoxy) is 3. The van der Waals surface area contributed by atoms with E-state index in [1.165, 1.54) is 7.11 Å². The Morgan fingerprint density at radius 3 is 2.41 bits per heavy atom. The predicted octanol–water partition coefficient (Wildman–Crippen LogP) is 2.31. The smallest absolute Gasteiger partial charge is 0.377 e. The zero-order chi connectivity index (χ0) is 12.5. The summed E-state index contributed by atoms with van der Waals surface area (Å²) in [5.74, 6) is -0.852. The van der Waals surface area contributed by atoms with Gasteiger partial charge in [-0.3, -0.25) is 0 Å². The Kier molecular flexibility index (Phi) is 2.79. The minimum atomic E-state index is -0.852. The summed E-state index contributed by atoms with van der Waals surface area (Å²) in [6, 6.07) is 9.33. The molecule has 1 aliphatic rings. The van der Waals surface area contributed by atoms with Crippen LogP contribution in [0.25, 0.3) is 5.76 Å². The highest BCUT2D eigenvalue weighted by molar-refractivity contribution is 5.94. The molecule has 4 heteroatoms. The fourth-order valence-corrected chi connectivity index (χ4v) is 1.61. The molecule has 0 atom stereocenters. The number of carbonyl (C=O) groups is 1. The Balaban J connectivity index is 2.43. The van der Waals surface area contributed by atoms with Gasteiger partial charge in [-0.05, 0) is 0 Å². The summed E-state index contributed by atoms with van der Waals surface area (Å²) >= 11 is 0. The van der Waals surface area contributed by atoms with Gasteiger partial charge in [0.05, 0.1) is 7.11 Å². The first-order chi connectivity index (χ1) is 8.03. The van der Waals surface area contributed by atoms with Gasteiger partial charge in [-0.25, -0.2) is 4.79 Å². The second-order valence-corrected chi connectivity index (χ2v) is 4.12. The number of hydrogen-bond donors (Lipinski definition) is 0. The van der Waals surface area contributed by atoms with Gasteiger partial charge < -0.3 is 14.2 Å². The molecule has 1 aromatic carbocycles. The average molecular weight is 234 g/mol. The first-order valence-corrected chi connectivity index (χ1v) is 5.29. The molecule has 0 saturated carbocycles. The topological polar surface area (TPSA) is 44.8 Å². The maximum atomic E-state index is 11.6. The van der Waals surface area contributed by atoms with Crippen LogP contribution in [0.15, 0.2) is 36.1 Å². The number of rotatable bonds is 2. The van der Waals surface area contributed by atoms with Crippen LogP contribution in [0.2, 0.25) is 0 Å². The number of esters is 1. The zero-order valence-corrected chi connectivity index (χ0v) is 10.0. The molecule has 0 aliphatic carbocycles. The van der Waals surface area contributed by atoms with Gasteiger partial charge in [0, 0.05) is 19.4 Å². The van der Waals surface area contributed by atoms with Gasteiger partial charge in [-0.2, -0.15) is 0 Å². The molecule has 17 heavy (non-hydrogen) atoms. The Morgan fingerprint density at radius 2 is 1.82 bits per heavy atom. The minimum Gasteiger partial charge on any atom is -0.463 e. The fraction of sp³-hybridized carbons (Fsp3) is 0.308. The van der Waals surface area contributed by atoms with E-state index in [4.69, 9.17) is 9.47 Å². The Bertz CT molecular complexity index is 460. The van der Waals surface area contributed by atoms with Crippen molar-refractivity contribution in [2.45, 2.75) is 19.6 Å². The lowest BCUT2D eigenvalue weighted by Crippen LogP contribution is -2.22. The molecule has 4 nitrogen and oxygen atoms in total. The van der Waals surface area contributed by atoms with Gasteiger partial charge in [0.2, 0.25) is 5.79 Å². The van der Waals surface area contributed by atoms with Crippen LogP contribution in [0.1, 0.15) is 19.4 Å². The van der Waals surface area contributed by atoms with Gasteiger partial charge in [0.1, 0.15) is 0 Å². The van der Waals surface area contributed by atoms with Gasteiger partial charge in [0.25, 0.3) is 5.76 Å². The van der Waals surface area contributed by atoms with Crippen LogP contribution in [0.3, 0.4) is 0 Å². The van der Waals surface area contributed by atoms with Crippen LogP contribution in [-0.4, -0.2) is 18.9 Å². The molecule has 2 rings (SSSR count). The first kappa shape index (κ1) is 11.5. The summed E-state index contributed by atoms with van der Waals surface area (Å²) in [4.78, 5) is 11.6. The van der Waals surface area contributed by atoms with E-state index in [1.807, 2.05) is 30.3 Å². The van der Waals surface area contributed by atoms with E-state index in [9.17, 15) is 4.79 Å². The molecule has 0 bridgehead atoms. The van der Waals surface area contributed by atoms with Crippen molar-refractivity contribution in [3.8, 4) is 0 Å². The summed E-state index contributed by atoms with van der Waals surface area (Å²) in [7, 11) is 1.31. The van der Waals surface area contributed by atoms with Crippen molar-refractivity contribution in [3.63, 3.8) is 0 Å². The molecule has 0 amide bonds. The monoisotopic (exact) mass is 234 g/mol. The highest BCUT2D eigenvalue weighted by Gasteiger charge is 2.38. The van der Waals surface area contributed by atoms with Crippen molar-refractivity contribution in [1.29, 1.82) is 0 Å². The zero-order valence-electron chi connectivity index (χ0n) is 10.0. The molecular formula is C13H14O4. The molecule has 0 spiro atoms. The fourth-order valence-electron chi connectivity index (χ4n) is 1.61. The molecule has 0 saturated heterocycles. The minimum absolute atomic E-state index is 0.115. The third kappa shape index (κ3) is 2.25. The Labute approximate surface area is 99.8 Å². The summed E-state index contributed by atoms with van der Waals surface area (Å²) in [5.41, 5.74) is 0.790. The summed E-state index contributed by atoms with van der Waals surface area (Å²) < 4.78 is 15.8. The van der Waals surface area contributed by atoms with E-state index in [0.717, 1.165) is 5.56 Å². The standard InChI is InChI=1S/C13H14O4/c1-13(2)16-10(9-7-5-4-6-8-9)11(17-13)12(14)15-3/h4-8H,1-3H3. The van der Waals surface area contributed by atoms with Crippen LogP contribution < -0.4 is 0 Å². The van der Waals surface area contributed by atoms with Gasteiger partial charge >= 0.3 is 5.97 Å². The largest absolute Gasteiger partial charge is 0.463 e. The van der Waals surface area contributed by atoms with E-state index in [1.54, 1.807) is 13.8 Å². The second-order valence-electron chi connectivity index (χ2n) is 4.12.